The minimum Gasteiger partial charge on any atom is -0.444 e. The Morgan fingerprint density at radius 2 is 1.91 bits per heavy atom. The summed E-state index contributed by atoms with van der Waals surface area (Å²) in [6, 6.07) is 5.81. The minimum atomic E-state index is -0.938. The molecule has 0 radical (unpaired) electrons. The Labute approximate surface area is 215 Å². The highest BCUT2D eigenvalue weighted by atomic mass is 32.1. The summed E-state index contributed by atoms with van der Waals surface area (Å²) in [5.41, 5.74) is 0.859. The molecule has 0 aromatic heterocycles. The summed E-state index contributed by atoms with van der Waals surface area (Å²) in [5, 5.41) is 5.82. The number of hydrogen-bond acceptors (Lipinski definition) is 5. The van der Waals surface area contributed by atoms with E-state index < -0.39 is 23.8 Å². The van der Waals surface area contributed by atoms with Gasteiger partial charge in [-0.3, -0.25) is 9.59 Å². The summed E-state index contributed by atoms with van der Waals surface area (Å²) in [6.45, 7) is 11.4. The number of ether oxygens (including phenoxy) is 1. The third-order valence-electron chi connectivity index (χ3n) is 5.89. The summed E-state index contributed by atoms with van der Waals surface area (Å²) < 4.78 is 5.34. The molecule has 0 heterocycles. The maximum absolute atomic E-state index is 13.7. The van der Waals surface area contributed by atoms with Gasteiger partial charge in [-0.1, -0.05) is 57.0 Å². The quantitative estimate of drug-likeness (QED) is 0.397. The van der Waals surface area contributed by atoms with Crippen LogP contribution in [0.15, 0.2) is 30.8 Å². The number of amides is 3. The summed E-state index contributed by atoms with van der Waals surface area (Å²) in [7, 11) is 0. The molecular formula is C27H41N3O4S. The minimum absolute atomic E-state index is 0.0714. The number of thiol groups is 1. The van der Waals surface area contributed by atoms with Crippen molar-refractivity contribution < 1.29 is 19.1 Å². The van der Waals surface area contributed by atoms with Gasteiger partial charge in [0.05, 0.1) is 0 Å². The van der Waals surface area contributed by atoms with E-state index in [9.17, 15) is 14.4 Å². The molecule has 2 rings (SSSR count). The van der Waals surface area contributed by atoms with Crippen molar-refractivity contribution in [3.05, 3.63) is 42.0 Å². The fourth-order valence-corrected chi connectivity index (χ4v) is 4.55. The molecule has 0 spiro atoms. The number of nitrogens with zero attached hydrogens (tertiary/aromatic N) is 1. The van der Waals surface area contributed by atoms with E-state index in [1.165, 1.54) is 6.42 Å². The lowest BCUT2D eigenvalue weighted by atomic mass is 9.94. The lowest BCUT2D eigenvalue weighted by molar-refractivity contribution is -0.142. The number of benzene rings is 1. The monoisotopic (exact) mass is 503 g/mol. The maximum Gasteiger partial charge on any atom is 0.408 e. The third kappa shape index (κ3) is 8.91. The van der Waals surface area contributed by atoms with E-state index in [4.69, 9.17) is 4.74 Å². The van der Waals surface area contributed by atoms with Crippen LogP contribution in [-0.2, 0) is 14.3 Å². The number of carbonyl (C=O) groups is 3. The molecule has 1 fully saturated rings. The van der Waals surface area contributed by atoms with E-state index in [1.807, 2.05) is 31.2 Å². The van der Waals surface area contributed by atoms with E-state index in [0.717, 1.165) is 31.2 Å². The molecule has 7 nitrogen and oxygen atoms in total. The average molecular weight is 504 g/mol. The lowest BCUT2D eigenvalue weighted by Gasteiger charge is -2.35. The van der Waals surface area contributed by atoms with Crippen molar-refractivity contribution in [3.8, 4) is 0 Å². The number of nitrogens with one attached hydrogen (secondary N) is 2. The molecule has 1 aromatic carbocycles. The molecule has 1 aliphatic carbocycles. The van der Waals surface area contributed by atoms with Crippen LogP contribution in [0, 0.1) is 0 Å². The second-order valence-corrected chi connectivity index (χ2v) is 10.4. The highest BCUT2D eigenvalue weighted by Crippen LogP contribution is 2.26. The predicted octanol–water partition coefficient (Wildman–Crippen LogP) is 4.88. The van der Waals surface area contributed by atoms with Crippen LogP contribution in [-0.4, -0.2) is 52.8 Å². The second kappa shape index (κ2) is 13.6. The Kier molecular flexibility index (Phi) is 11.1. The van der Waals surface area contributed by atoms with Crippen LogP contribution < -0.4 is 10.6 Å². The predicted molar refractivity (Wildman–Crippen MR) is 143 cm³/mol. The number of rotatable bonds is 10. The Morgan fingerprint density at radius 1 is 1.23 bits per heavy atom. The van der Waals surface area contributed by atoms with Gasteiger partial charge in [-0.05, 0) is 57.2 Å². The topological polar surface area (TPSA) is 87.7 Å². The standard InChI is InChI=1S/C27H41N3O4S/c1-6-16-30(25(32)22(18-35)29-26(33)34-27(3,4)5)23(20-13-11-12-19(7-2)17-20)24(31)28-21-14-9-8-10-15-21/h7,11-13,17,21-23,35H,2,6,8-10,14-16,18H2,1,3-5H3,(H,28,31)(H,29,33). The SMILES string of the molecule is C=Cc1cccc(C(C(=O)NC2CCCCC2)N(CCC)C(=O)C(CS)NC(=O)OC(C)(C)C)c1. The molecule has 0 saturated heterocycles. The van der Waals surface area contributed by atoms with E-state index in [-0.39, 0.29) is 23.6 Å². The molecule has 2 N–H and O–H groups in total. The highest BCUT2D eigenvalue weighted by Gasteiger charge is 2.36. The van der Waals surface area contributed by atoms with Crippen LogP contribution in [0.2, 0.25) is 0 Å². The zero-order valence-electron chi connectivity index (χ0n) is 21.5. The van der Waals surface area contributed by atoms with Crippen molar-refractivity contribution in [2.45, 2.75) is 89.9 Å². The first-order chi connectivity index (χ1) is 16.6. The van der Waals surface area contributed by atoms with Gasteiger partial charge in [0.15, 0.2) is 0 Å². The molecule has 8 heteroatoms. The van der Waals surface area contributed by atoms with Crippen molar-refractivity contribution in [3.63, 3.8) is 0 Å². The molecule has 0 aliphatic heterocycles. The first kappa shape index (κ1) is 28.8. The number of alkyl carbamates (subject to hydrolysis) is 1. The Morgan fingerprint density at radius 3 is 2.49 bits per heavy atom. The van der Waals surface area contributed by atoms with Crippen LogP contribution in [0.3, 0.4) is 0 Å². The largest absolute Gasteiger partial charge is 0.444 e. The van der Waals surface area contributed by atoms with Crippen LogP contribution in [0.25, 0.3) is 6.08 Å². The van der Waals surface area contributed by atoms with E-state index in [1.54, 1.807) is 31.7 Å². The molecule has 1 saturated carbocycles. The summed E-state index contributed by atoms with van der Waals surface area (Å²) in [6.07, 6.45) is 6.88. The summed E-state index contributed by atoms with van der Waals surface area (Å²) >= 11 is 4.32. The Hall–Kier alpha value is -2.48. The highest BCUT2D eigenvalue weighted by molar-refractivity contribution is 7.80. The van der Waals surface area contributed by atoms with E-state index in [2.05, 4.69) is 29.8 Å². The molecule has 3 amide bonds. The second-order valence-electron chi connectivity index (χ2n) is 10.0. The van der Waals surface area contributed by atoms with Gasteiger partial charge in [-0.2, -0.15) is 12.6 Å². The van der Waals surface area contributed by atoms with Crippen molar-refractivity contribution in [1.82, 2.24) is 15.5 Å². The van der Waals surface area contributed by atoms with Gasteiger partial charge < -0.3 is 20.3 Å². The van der Waals surface area contributed by atoms with Crippen LogP contribution >= 0.6 is 12.6 Å². The number of hydrogen-bond donors (Lipinski definition) is 3. The number of carbonyl (C=O) groups excluding carboxylic acids is 3. The fourth-order valence-electron chi connectivity index (χ4n) is 4.30. The molecular weight excluding hydrogens is 462 g/mol. The fraction of sp³-hybridized carbons (Fsp3) is 0.593. The summed E-state index contributed by atoms with van der Waals surface area (Å²) in [5.74, 6) is -0.516. The van der Waals surface area contributed by atoms with Gasteiger partial charge in [-0.25, -0.2) is 4.79 Å². The molecule has 35 heavy (non-hydrogen) atoms. The first-order valence-corrected chi connectivity index (χ1v) is 13.2. The first-order valence-electron chi connectivity index (χ1n) is 12.5. The molecule has 194 valence electrons. The molecule has 1 aromatic rings. The summed E-state index contributed by atoms with van der Waals surface area (Å²) in [4.78, 5) is 41.4. The normalized spacial score (nSPS) is 16.0. The maximum atomic E-state index is 13.7. The zero-order valence-corrected chi connectivity index (χ0v) is 22.4. The van der Waals surface area contributed by atoms with Crippen molar-refractivity contribution in [2.24, 2.45) is 0 Å². The third-order valence-corrected chi connectivity index (χ3v) is 6.26. The van der Waals surface area contributed by atoms with Crippen molar-refractivity contribution >= 4 is 36.6 Å². The smallest absolute Gasteiger partial charge is 0.408 e. The van der Waals surface area contributed by atoms with Gasteiger partial charge in [0, 0.05) is 18.3 Å². The van der Waals surface area contributed by atoms with Gasteiger partial charge in [-0.15, -0.1) is 0 Å². The molecule has 0 bridgehead atoms. The van der Waals surface area contributed by atoms with E-state index >= 15 is 0 Å². The van der Waals surface area contributed by atoms with Gasteiger partial charge in [0.1, 0.15) is 17.7 Å². The van der Waals surface area contributed by atoms with Crippen LogP contribution in [0.4, 0.5) is 4.79 Å². The molecule has 1 aliphatic rings. The Bertz CT molecular complexity index is 877. The van der Waals surface area contributed by atoms with Gasteiger partial charge in [0.25, 0.3) is 0 Å². The van der Waals surface area contributed by atoms with Crippen molar-refractivity contribution in [1.29, 1.82) is 0 Å². The molecule has 2 unspecified atom stereocenters. The zero-order chi connectivity index (χ0) is 26.0. The lowest BCUT2D eigenvalue weighted by Crippen LogP contribution is -2.54. The van der Waals surface area contributed by atoms with Gasteiger partial charge >= 0.3 is 6.09 Å². The van der Waals surface area contributed by atoms with Crippen LogP contribution in [0.1, 0.15) is 83.4 Å². The average Bonchev–Trinajstić information content (AvgIpc) is 2.81. The van der Waals surface area contributed by atoms with Gasteiger partial charge in [0.2, 0.25) is 11.8 Å². The van der Waals surface area contributed by atoms with Crippen LogP contribution in [0.5, 0.6) is 0 Å². The van der Waals surface area contributed by atoms with Crippen molar-refractivity contribution in [2.75, 3.05) is 12.3 Å². The van der Waals surface area contributed by atoms with E-state index in [0.29, 0.717) is 18.5 Å². The molecule has 2 atom stereocenters. The Balaban J connectivity index is 2.38.